The number of benzene rings is 1. The van der Waals surface area contributed by atoms with Crippen LogP contribution in [0.3, 0.4) is 0 Å². The quantitative estimate of drug-likeness (QED) is 0.195. The molecule has 2 aliphatic carbocycles. The molecule has 1 saturated carbocycles. The molecule has 11 nitrogen and oxygen atoms in total. The van der Waals surface area contributed by atoms with Gasteiger partial charge < -0.3 is 19.7 Å². The number of amides is 4. The Kier molecular flexibility index (Phi) is 7.11. The number of aromatic hydroxyl groups is 1. The second kappa shape index (κ2) is 9.92. The molecule has 2 saturated heterocycles. The summed E-state index contributed by atoms with van der Waals surface area (Å²) in [7, 11) is 2.75. The maximum atomic E-state index is 13.8. The van der Waals surface area contributed by atoms with Crippen LogP contribution >= 0.6 is 39.1 Å². The van der Waals surface area contributed by atoms with E-state index in [1.165, 1.54) is 26.4 Å². The van der Waals surface area contributed by atoms with Gasteiger partial charge in [0.2, 0.25) is 11.8 Å². The Bertz CT molecular complexity index is 1390. The highest BCUT2D eigenvalue weighted by atomic mass is 79.9. The number of ether oxygens (including phenoxy) is 2. The van der Waals surface area contributed by atoms with Gasteiger partial charge in [0.05, 0.1) is 37.9 Å². The van der Waals surface area contributed by atoms with Crippen LogP contribution in [0.15, 0.2) is 23.8 Å². The third-order valence-electron chi connectivity index (χ3n) is 8.49. The summed E-state index contributed by atoms with van der Waals surface area (Å²) < 4.78 is 10.8. The zero-order chi connectivity index (χ0) is 29.3. The van der Waals surface area contributed by atoms with Gasteiger partial charge in [-0.15, -0.1) is 23.2 Å². The predicted octanol–water partition coefficient (Wildman–Crippen LogP) is 2.60. The van der Waals surface area contributed by atoms with Crippen molar-refractivity contribution in [2.75, 3.05) is 26.2 Å². The zero-order valence-corrected chi connectivity index (χ0v) is 24.5. The number of carbonyl (C=O) groups is 5. The molecular formula is C26H25BrCl2N2O9. The van der Waals surface area contributed by atoms with E-state index in [1.807, 2.05) is 0 Å². The molecule has 0 aromatic heterocycles. The minimum atomic E-state index is -2.12. The lowest BCUT2D eigenvalue weighted by molar-refractivity contribution is -0.143. The van der Waals surface area contributed by atoms with Crippen LogP contribution in [-0.2, 0) is 24.0 Å². The lowest BCUT2D eigenvalue weighted by Crippen LogP contribution is -2.60. The maximum Gasteiger partial charge on any atom is 0.305 e. The number of carboxylic acid groups (broad SMARTS) is 1. The van der Waals surface area contributed by atoms with Crippen LogP contribution in [0.2, 0.25) is 0 Å². The van der Waals surface area contributed by atoms with Crippen molar-refractivity contribution in [2.45, 2.75) is 34.9 Å². The number of carboxylic acids is 1. The fraction of sp³-hybridized carbons (Fsp3) is 0.500. The molecule has 1 aromatic rings. The molecule has 5 rings (SSSR count). The molecule has 4 aliphatic rings. The van der Waals surface area contributed by atoms with Crippen LogP contribution in [-0.4, -0.2) is 85.6 Å². The van der Waals surface area contributed by atoms with Crippen molar-refractivity contribution in [3.63, 3.8) is 0 Å². The van der Waals surface area contributed by atoms with Crippen molar-refractivity contribution in [3.05, 3.63) is 29.3 Å². The fourth-order valence-electron chi connectivity index (χ4n) is 6.73. The third-order valence-corrected chi connectivity index (χ3v) is 10.4. The van der Waals surface area contributed by atoms with Crippen molar-refractivity contribution in [2.24, 2.45) is 17.8 Å². The molecular weight excluding hydrogens is 635 g/mol. The van der Waals surface area contributed by atoms with Gasteiger partial charge in [-0.2, -0.15) is 0 Å². The first-order valence-electron chi connectivity index (χ1n) is 12.4. The van der Waals surface area contributed by atoms with E-state index in [1.54, 1.807) is 6.08 Å². The number of allylic oxidation sites excluding steroid dienone is 2. The molecule has 214 valence electrons. The highest BCUT2D eigenvalue weighted by Gasteiger charge is 2.76. The number of hydrogen-bond donors (Lipinski definition) is 2. The molecule has 2 heterocycles. The van der Waals surface area contributed by atoms with Gasteiger partial charge in [0.15, 0.2) is 9.75 Å². The lowest BCUT2D eigenvalue weighted by Gasteiger charge is -2.51. The maximum absolute atomic E-state index is 13.8. The average molecular weight is 660 g/mol. The van der Waals surface area contributed by atoms with Gasteiger partial charge in [-0.1, -0.05) is 27.6 Å². The number of phenols is 1. The fourth-order valence-corrected chi connectivity index (χ4v) is 8.14. The number of halogens is 3. The van der Waals surface area contributed by atoms with Crippen LogP contribution < -0.4 is 9.47 Å². The first-order valence-corrected chi connectivity index (χ1v) is 14.3. The molecule has 40 heavy (non-hydrogen) atoms. The Hall–Kier alpha value is -2.83. The number of fused-ring (bicyclic) bond motifs is 4. The second-order valence-electron chi connectivity index (χ2n) is 10.2. The molecule has 0 spiro atoms. The second-order valence-corrected chi connectivity index (χ2v) is 12.0. The predicted molar refractivity (Wildman–Crippen MR) is 144 cm³/mol. The van der Waals surface area contributed by atoms with E-state index in [0.717, 1.165) is 9.80 Å². The first-order chi connectivity index (χ1) is 18.9. The summed E-state index contributed by atoms with van der Waals surface area (Å²) in [5.74, 6) is -7.59. The molecule has 3 fully saturated rings. The number of rotatable bonds is 7. The van der Waals surface area contributed by atoms with Crippen molar-refractivity contribution < 1.29 is 43.7 Å². The van der Waals surface area contributed by atoms with Gasteiger partial charge in [0.25, 0.3) is 11.8 Å². The van der Waals surface area contributed by atoms with E-state index in [0.29, 0.717) is 5.57 Å². The number of likely N-dealkylation sites (tertiary alicyclic amines) is 2. The summed E-state index contributed by atoms with van der Waals surface area (Å²) in [6.07, 6.45) is 1.16. The summed E-state index contributed by atoms with van der Waals surface area (Å²) >= 11 is 17.5. The van der Waals surface area contributed by atoms with Crippen LogP contribution in [0.4, 0.5) is 0 Å². The Morgan fingerprint density at radius 2 is 1.77 bits per heavy atom. The number of alkyl halides is 3. The molecule has 0 unspecified atom stereocenters. The normalized spacial score (nSPS) is 33.0. The highest BCUT2D eigenvalue weighted by molar-refractivity contribution is 9.09. The smallest absolute Gasteiger partial charge is 0.305 e. The van der Waals surface area contributed by atoms with E-state index >= 15 is 0 Å². The van der Waals surface area contributed by atoms with E-state index in [9.17, 15) is 29.1 Å². The largest absolute Gasteiger partial charge is 0.507 e. The number of methoxy groups -OCH3 is 2. The summed E-state index contributed by atoms with van der Waals surface area (Å²) in [6, 6.07) is 2.80. The molecule has 0 radical (unpaired) electrons. The van der Waals surface area contributed by atoms with Gasteiger partial charge in [0, 0.05) is 30.2 Å². The van der Waals surface area contributed by atoms with E-state index < -0.39 is 69.4 Å². The van der Waals surface area contributed by atoms with Crippen molar-refractivity contribution in [1.82, 2.24) is 9.80 Å². The SMILES string of the molecule is COc1cc(O)c([C@H]2C3=CC[C@@H]4C(=O)N(CCC(=O)O)C(=O)[C@@H]4[C@@H]3C[C@@]3(Cl)C(=O)N(CBr)C(=O)[C@@]23Cl)c(OC)c1. The standard InChI is InChI=1S/C26H25BrCl2N2O9/c1-39-11-7-15(32)19(16(8-11)40-2)20-12-3-4-13-18(22(36)30(21(13)35)6-5-17(33)34)14(12)9-25(28)23(37)31(10-27)24(38)26(20,25)29/h3,7-8,13-14,18,20,32H,4-6,9-10H2,1-2H3,(H,33,34)/t13-,14+,18-,20+,25+,26-/m0/s1. The van der Waals surface area contributed by atoms with Gasteiger partial charge >= 0.3 is 5.97 Å². The number of hydrogen-bond acceptors (Lipinski definition) is 8. The summed E-state index contributed by atoms with van der Waals surface area (Å²) in [4.78, 5) is 63.2. The highest BCUT2D eigenvalue weighted by Crippen LogP contribution is 2.67. The molecule has 2 N–H and O–H groups in total. The van der Waals surface area contributed by atoms with E-state index in [2.05, 4.69) is 15.9 Å². The minimum absolute atomic E-state index is 0.0785. The summed E-state index contributed by atoms with van der Waals surface area (Å²) in [5.41, 5.74) is 0.349. The first kappa shape index (κ1) is 28.7. The minimum Gasteiger partial charge on any atom is -0.507 e. The molecule has 6 atom stereocenters. The lowest BCUT2D eigenvalue weighted by atomic mass is 9.56. The molecule has 14 heteroatoms. The van der Waals surface area contributed by atoms with Crippen molar-refractivity contribution in [1.29, 1.82) is 0 Å². The third kappa shape index (κ3) is 3.71. The van der Waals surface area contributed by atoms with Crippen molar-refractivity contribution >= 4 is 68.7 Å². The van der Waals surface area contributed by atoms with Gasteiger partial charge in [-0.25, -0.2) is 0 Å². The van der Waals surface area contributed by atoms with Crippen LogP contribution in [0.25, 0.3) is 0 Å². The Balaban J connectivity index is 1.72. The molecule has 2 aliphatic heterocycles. The van der Waals surface area contributed by atoms with Crippen molar-refractivity contribution in [3.8, 4) is 17.2 Å². The molecule has 0 bridgehead atoms. The average Bonchev–Trinajstić information content (AvgIpc) is 3.24. The van der Waals surface area contributed by atoms with Crippen LogP contribution in [0.5, 0.6) is 17.2 Å². The van der Waals surface area contributed by atoms with Crippen LogP contribution in [0.1, 0.15) is 30.7 Å². The number of imide groups is 2. The van der Waals surface area contributed by atoms with Gasteiger partial charge in [-0.3, -0.25) is 33.8 Å². The molecule has 4 amide bonds. The Morgan fingerprint density at radius 3 is 2.38 bits per heavy atom. The number of carbonyl (C=O) groups excluding carboxylic acids is 4. The van der Waals surface area contributed by atoms with E-state index in [4.69, 9.17) is 37.8 Å². The van der Waals surface area contributed by atoms with Gasteiger partial charge in [0.1, 0.15) is 17.2 Å². The molecule has 1 aromatic carbocycles. The number of aliphatic carboxylic acids is 1. The Morgan fingerprint density at radius 1 is 1.07 bits per heavy atom. The number of phenolic OH excluding ortho intramolecular Hbond substituents is 1. The summed E-state index contributed by atoms with van der Waals surface area (Å²) in [5, 5.41) is 20.3. The van der Waals surface area contributed by atoms with E-state index in [-0.39, 0.29) is 47.7 Å². The monoisotopic (exact) mass is 658 g/mol. The Labute approximate surface area is 247 Å². The van der Waals surface area contributed by atoms with Gasteiger partial charge in [-0.05, 0) is 18.8 Å². The zero-order valence-electron chi connectivity index (χ0n) is 21.4. The summed E-state index contributed by atoms with van der Waals surface area (Å²) in [6.45, 7) is -0.293. The van der Waals surface area contributed by atoms with Crippen LogP contribution in [0, 0.1) is 17.8 Å². The topological polar surface area (TPSA) is 151 Å². The number of nitrogens with zero attached hydrogens (tertiary/aromatic N) is 2.